The summed E-state index contributed by atoms with van der Waals surface area (Å²) < 4.78 is 1.56. The van der Waals surface area contributed by atoms with E-state index in [2.05, 4.69) is 9.88 Å². The van der Waals surface area contributed by atoms with Gasteiger partial charge in [-0.25, -0.2) is 4.98 Å². The van der Waals surface area contributed by atoms with Gasteiger partial charge in [0.05, 0.1) is 5.69 Å². The number of fused-ring (bicyclic) bond motifs is 1. The first-order valence-electron chi connectivity index (χ1n) is 9.29. The van der Waals surface area contributed by atoms with Crippen molar-refractivity contribution in [3.05, 3.63) is 68.5 Å². The van der Waals surface area contributed by atoms with Crippen molar-refractivity contribution in [2.24, 2.45) is 0 Å². The van der Waals surface area contributed by atoms with Crippen LogP contribution in [0.2, 0.25) is 5.02 Å². The summed E-state index contributed by atoms with van der Waals surface area (Å²) in [4.78, 5) is 34.1. The van der Waals surface area contributed by atoms with E-state index in [1.165, 1.54) is 11.3 Å². The van der Waals surface area contributed by atoms with Crippen LogP contribution in [0.5, 0.6) is 0 Å². The number of carbonyl (C=O) groups is 1. The molecule has 28 heavy (non-hydrogen) atoms. The van der Waals surface area contributed by atoms with E-state index in [1.807, 2.05) is 34.5 Å². The van der Waals surface area contributed by atoms with Crippen molar-refractivity contribution in [1.29, 1.82) is 0 Å². The number of aromatic nitrogens is 2. The summed E-state index contributed by atoms with van der Waals surface area (Å²) in [7, 11) is 0. The fourth-order valence-electron chi connectivity index (χ4n) is 3.41. The van der Waals surface area contributed by atoms with E-state index in [0.29, 0.717) is 31.1 Å². The number of hydrogen-bond acceptors (Lipinski definition) is 5. The lowest BCUT2D eigenvalue weighted by molar-refractivity contribution is -0.133. The summed E-state index contributed by atoms with van der Waals surface area (Å²) >= 11 is 7.36. The molecule has 1 amide bonds. The van der Waals surface area contributed by atoms with E-state index in [1.54, 1.807) is 16.7 Å². The number of hydrogen-bond donors (Lipinski definition) is 0. The SMILES string of the molecule is O=C(CCc1ccc(Cl)cc1)N1CCN(Cc2cc(=O)n3ccsc3n2)CC1. The van der Waals surface area contributed by atoms with Crippen LogP contribution in [0.1, 0.15) is 17.7 Å². The van der Waals surface area contributed by atoms with Gasteiger partial charge < -0.3 is 4.90 Å². The molecular formula is C20H21ClN4O2S. The Bertz CT molecular complexity index is 1020. The van der Waals surface area contributed by atoms with E-state index in [9.17, 15) is 9.59 Å². The number of halogens is 1. The molecule has 3 aromatic rings. The molecular weight excluding hydrogens is 396 g/mol. The van der Waals surface area contributed by atoms with E-state index >= 15 is 0 Å². The van der Waals surface area contributed by atoms with Crippen molar-refractivity contribution < 1.29 is 4.79 Å². The van der Waals surface area contributed by atoms with Crippen LogP contribution >= 0.6 is 22.9 Å². The van der Waals surface area contributed by atoms with E-state index in [-0.39, 0.29) is 11.5 Å². The Morgan fingerprint density at radius 2 is 1.89 bits per heavy atom. The van der Waals surface area contributed by atoms with Crippen LogP contribution in [0.4, 0.5) is 0 Å². The fourth-order valence-corrected chi connectivity index (χ4v) is 4.28. The molecule has 0 aliphatic carbocycles. The average Bonchev–Trinajstić information content (AvgIpc) is 3.17. The molecule has 1 aliphatic rings. The largest absolute Gasteiger partial charge is 0.340 e. The van der Waals surface area contributed by atoms with Gasteiger partial charge in [-0.15, -0.1) is 11.3 Å². The van der Waals surface area contributed by atoms with E-state index in [0.717, 1.165) is 35.7 Å². The van der Waals surface area contributed by atoms with Gasteiger partial charge in [-0.3, -0.25) is 18.9 Å². The maximum Gasteiger partial charge on any atom is 0.258 e. The quantitative estimate of drug-likeness (QED) is 0.641. The molecule has 0 radical (unpaired) electrons. The van der Waals surface area contributed by atoms with Crippen LogP contribution in [0.3, 0.4) is 0 Å². The van der Waals surface area contributed by atoms with Gasteiger partial charge in [-0.1, -0.05) is 23.7 Å². The third-order valence-electron chi connectivity index (χ3n) is 5.01. The lowest BCUT2D eigenvalue weighted by atomic mass is 10.1. The van der Waals surface area contributed by atoms with Gasteiger partial charge in [0.25, 0.3) is 5.56 Å². The van der Waals surface area contributed by atoms with Crippen LogP contribution in [-0.4, -0.2) is 51.3 Å². The van der Waals surface area contributed by atoms with Crippen molar-refractivity contribution in [2.45, 2.75) is 19.4 Å². The highest BCUT2D eigenvalue weighted by Gasteiger charge is 2.21. The van der Waals surface area contributed by atoms with Gasteiger partial charge in [0.1, 0.15) is 0 Å². The van der Waals surface area contributed by atoms with Crippen molar-refractivity contribution in [2.75, 3.05) is 26.2 Å². The highest BCUT2D eigenvalue weighted by atomic mass is 35.5. The number of benzene rings is 1. The predicted molar refractivity (Wildman–Crippen MR) is 111 cm³/mol. The van der Waals surface area contributed by atoms with Gasteiger partial charge in [0.15, 0.2) is 4.96 Å². The Morgan fingerprint density at radius 3 is 2.64 bits per heavy atom. The zero-order valence-corrected chi connectivity index (χ0v) is 17.0. The molecule has 0 saturated carbocycles. The Kier molecular flexibility index (Phi) is 5.75. The zero-order valence-electron chi connectivity index (χ0n) is 15.4. The van der Waals surface area contributed by atoms with Crippen LogP contribution in [-0.2, 0) is 17.8 Å². The normalized spacial score (nSPS) is 15.2. The van der Waals surface area contributed by atoms with Crippen molar-refractivity contribution in [3.8, 4) is 0 Å². The molecule has 0 unspecified atom stereocenters. The van der Waals surface area contributed by atoms with Crippen molar-refractivity contribution in [1.82, 2.24) is 19.2 Å². The van der Waals surface area contributed by atoms with Crippen molar-refractivity contribution >= 4 is 33.8 Å². The Labute approximate surface area is 172 Å². The first kappa shape index (κ1) is 19.1. The van der Waals surface area contributed by atoms with Crippen LogP contribution < -0.4 is 5.56 Å². The van der Waals surface area contributed by atoms with E-state index < -0.39 is 0 Å². The smallest absolute Gasteiger partial charge is 0.258 e. The molecule has 0 N–H and O–H groups in total. The number of rotatable bonds is 5. The van der Waals surface area contributed by atoms with Crippen LogP contribution in [0, 0.1) is 0 Å². The molecule has 3 heterocycles. The van der Waals surface area contributed by atoms with Gasteiger partial charge in [0.2, 0.25) is 5.91 Å². The molecule has 146 valence electrons. The summed E-state index contributed by atoms with van der Waals surface area (Å²) in [5.41, 5.74) is 1.87. The second-order valence-corrected chi connectivity index (χ2v) is 8.23. The third-order valence-corrected chi connectivity index (χ3v) is 6.02. The highest BCUT2D eigenvalue weighted by molar-refractivity contribution is 7.15. The minimum absolute atomic E-state index is 0.0442. The minimum Gasteiger partial charge on any atom is -0.340 e. The standard InChI is InChI=1S/C20H21ClN4O2S/c21-16-4-1-15(2-5-16)3-6-18(26)24-9-7-23(8-10-24)14-17-13-19(27)25-11-12-28-20(25)22-17/h1-2,4-5,11-13H,3,6-10,14H2. The number of amides is 1. The summed E-state index contributed by atoms with van der Waals surface area (Å²) in [5.74, 6) is 0.186. The van der Waals surface area contributed by atoms with Gasteiger partial charge in [-0.2, -0.15) is 0 Å². The second kappa shape index (κ2) is 8.43. The van der Waals surface area contributed by atoms with E-state index in [4.69, 9.17) is 11.6 Å². The fraction of sp³-hybridized carbons (Fsp3) is 0.350. The van der Waals surface area contributed by atoms with Crippen LogP contribution in [0.15, 0.2) is 46.7 Å². The third kappa shape index (κ3) is 4.43. The summed E-state index contributed by atoms with van der Waals surface area (Å²) in [6.07, 6.45) is 2.98. The van der Waals surface area contributed by atoms with Gasteiger partial charge in [0, 0.05) is 61.8 Å². The number of piperazine rings is 1. The predicted octanol–water partition coefficient (Wildman–Crippen LogP) is 2.69. The van der Waals surface area contributed by atoms with Crippen molar-refractivity contribution in [3.63, 3.8) is 0 Å². The monoisotopic (exact) mass is 416 g/mol. The first-order valence-corrected chi connectivity index (χ1v) is 10.5. The Balaban J connectivity index is 1.28. The zero-order chi connectivity index (χ0) is 19.5. The summed E-state index contributed by atoms with van der Waals surface area (Å²) in [6.45, 7) is 3.63. The highest BCUT2D eigenvalue weighted by Crippen LogP contribution is 2.13. The lowest BCUT2D eigenvalue weighted by Gasteiger charge is -2.34. The van der Waals surface area contributed by atoms with Gasteiger partial charge in [-0.05, 0) is 24.1 Å². The molecule has 1 fully saturated rings. The number of nitrogens with zero attached hydrogens (tertiary/aromatic N) is 4. The molecule has 2 aromatic heterocycles. The molecule has 0 bridgehead atoms. The molecule has 4 rings (SSSR count). The Morgan fingerprint density at radius 1 is 1.14 bits per heavy atom. The number of aryl methyl sites for hydroxylation is 1. The maximum atomic E-state index is 12.5. The topological polar surface area (TPSA) is 57.9 Å². The summed E-state index contributed by atoms with van der Waals surface area (Å²) in [6, 6.07) is 9.24. The molecule has 1 aromatic carbocycles. The number of thiazole rings is 1. The van der Waals surface area contributed by atoms with Crippen LogP contribution in [0.25, 0.3) is 4.96 Å². The van der Waals surface area contributed by atoms with Gasteiger partial charge >= 0.3 is 0 Å². The molecule has 6 nitrogen and oxygen atoms in total. The molecule has 8 heteroatoms. The summed E-state index contributed by atoms with van der Waals surface area (Å²) in [5, 5.41) is 2.57. The second-order valence-electron chi connectivity index (χ2n) is 6.92. The lowest BCUT2D eigenvalue weighted by Crippen LogP contribution is -2.48. The number of carbonyl (C=O) groups excluding carboxylic acids is 1. The molecule has 0 spiro atoms. The minimum atomic E-state index is -0.0442. The molecule has 1 saturated heterocycles. The molecule has 1 aliphatic heterocycles. The Hall–Kier alpha value is -2.22. The molecule has 0 atom stereocenters. The maximum absolute atomic E-state index is 12.5. The first-order chi connectivity index (χ1) is 13.6. The average molecular weight is 417 g/mol.